The van der Waals surface area contributed by atoms with Crippen LogP contribution in [0, 0.1) is 30.6 Å². The fourth-order valence-corrected chi connectivity index (χ4v) is 4.05. The number of anilines is 1. The summed E-state index contributed by atoms with van der Waals surface area (Å²) in [5, 5.41) is 3.19. The van der Waals surface area contributed by atoms with Crippen LogP contribution in [0.2, 0.25) is 0 Å². The first-order chi connectivity index (χ1) is 10.1. The maximum Gasteiger partial charge on any atom is 0.235 e. The molecule has 0 aromatic heterocycles. The highest BCUT2D eigenvalue weighted by atomic mass is 16.2. The zero-order valence-electron chi connectivity index (χ0n) is 12.0. The highest BCUT2D eigenvalue weighted by Crippen LogP contribution is 2.52. The van der Waals surface area contributed by atoms with E-state index in [0.717, 1.165) is 17.7 Å². The third-order valence-electron chi connectivity index (χ3n) is 5.02. The monoisotopic (exact) mass is 282 g/mol. The molecule has 0 radical (unpaired) electrons. The van der Waals surface area contributed by atoms with E-state index in [9.17, 15) is 9.59 Å². The summed E-state index contributed by atoms with van der Waals surface area (Å²) in [6, 6.07) is 7.94. The number of aryl methyl sites for hydroxylation is 1. The molecule has 0 unspecified atom stereocenters. The highest BCUT2D eigenvalue weighted by molar-refractivity contribution is 6.06. The number of fused-ring (bicyclic) bond motifs is 5. The van der Waals surface area contributed by atoms with Gasteiger partial charge in [-0.15, -0.1) is 0 Å². The molecule has 2 fully saturated rings. The van der Waals surface area contributed by atoms with E-state index in [1.165, 1.54) is 4.90 Å². The number of likely N-dealkylation sites (tertiary alicyclic amines) is 1. The molecule has 1 saturated heterocycles. The predicted octanol–water partition coefficient (Wildman–Crippen LogP) is 2.17. The lowest BCUT2D eigenvalue weighted by molar-refractivity contribution is -0.140. The van der Waals surface area contributed by atoms with Crippen molar-refractivity contribution in [2.75, 3.05) is 12.0 Å². The molecular weight excluding hydrogens is 264 g/mol. The molecule has 1 saturated carbocycles. The molecule has 4 nitrogen and oxygen atoms in total. The van der Waals surface area contributed by atoms with Gasteiger partial charge in [0.05, 0.1) is 18.5 Å². The molecule has 0 spiro atoms. The van der Waals surface area contributed by atoms with Crippen LogP contribution in [0.4, 0.5) is 5.69 Å². The average molecular weight is 282 g/mol. The van der Waals surface area contributed by atoms with Crippen LogP contribution in [-0.2, 0) is 9.59 Å². The van der Waals surface area contributed by atoms with Crippen molar-refractivity contribution in [1.82, 2.24) is 4.90 Å². The molecule has 1 aromatic rings. The fraction of sp³-hybridized carbons (Fsp3) is 0.412. The van der Waals surface area contributed by atoms with Crippen LogP contribution in [0.5, 0.6) is 0 Å². The van der Waals surface area contributed by atoms with Gasteiger partial charge in [-0.05, 0) is 42.9 Å². The van der Waals surface area contributed by atoms with E-state index in [0.29, 0.717) is 0 Å². The van der Waals surface area contributed by atoms with Crippen LogP contribution in [0.1, 0.15) is 12.0 Å². The van der Waals surface area contributed by atoms with Crippen molar-refractivity contribution in [2.24, 2.45) is 23.7 Å². The number of imide groups is 1. The number of nitrogens with zero attached hydrogens (tertiary/aromatic N) is 1. The lowest BCUT2D eigenvalue weighted by atomic mass is 9.85. The average Bonchev–Trinajstić information content (AvgIpc) is 3.12. The first kappa shape index (κ1) is 12.6. The summed E-state index contributed by atoms with van der Waals surface area (Å²) in [6.07, 6.45) is 5.22. The number of amides is 2. The predicted molar refractivity (Wildman–Crippen MR) is 79.2 cm³/mol. The number of hydrogen-bond acceptors (Lipinski definition) is 3. The fourth-order valence-electron chi connectivity index (χ4n) is 4.05. The number of benzene rings is 1. The van der Waals surface area contributed by atoms with Crippen LogP contribution in [0.3, 0.4) is 0 Å². The lowest BCUT2D eigenvalue weighted by Crippen LogP contribution is -2.37. The van der Waals surface area contributed by atoms with Crippen molar-refractivity contribution in [3.8, 4) is 0 Å². The maximum atomic E-state index is 12.5. The molecule has 2 aliphatic carbocycles. The molecule has 2 amide bonds. The van der Waals surface area contributed by atoms with E-state index >= 15 is 0 Å². The summed E-state index contributed by atoms with van der Waals surface area (Å²) >= 11 is 0. The highest BCUT2D eigenvalue weighted by Gasteiger charge is 2.59. The minimum atomic E-state index is -0.105. The molecule has 1 heterocycles. The Morgan fingerprint density at radius 1 is 1.14 bits per heavy atom. The van der Waals surface area contributed by atoms with E-state index in [-0.39, 0.29) is 42.2 Å². The van der Waals surface area contributed by atoms with Gasteiger partial charge >= 0.3 is 0 Å². The molecule has 4 rings (SSSR count). The molecule has 4 heteroatoms. The Morgan fingerprint density at radius 3 is 2.43 bits per heavy atom. The SMILES string of the molecule is Cc1cccc(NCN2C(=O)[C@@H]3[C@@H](C2=O)[C@H]2C=C[C@@H]3C2)c1. The smallest absolute Gasteiger partial charge is 0.235 e. The van der Waals surface area contributed by atoms with Gasteiger partial charge in [-0.2, -0.15) is 0 Å². The first-order valence-electron chi connectivity index (χ1n) is 7.49. The van der Waals surface area contributed by atoms with Crippen molar-refractivity contribution in [3.05, 3.63) is 42.0 Å². The normalized spacial score (nSPS) is 32.9. The molecule has 108 valence electrons. The number of rotatable bonds is 3. The Hall–Kier alpha value is -2.10. The summed E-state index contributed by atoms with van der Waals surface area (Å²) in [5.74, 6) is 0.350. The molecule has 1 aliphatic heterocycles. The van der Waals surface area contributed by atoms with Gasteiger partial charge in [-0.25, -0.2) is 0 Å². The van der Waals surface area contributed by atoms with E-state index < -0.39 is 0 Å². The summed E-state index contributed by atoms with van der Waals surface area (Å²) < 4.78 is 0. The Morgan fingerprint density at radius 2 is 1.81 bits per heavy atom. The number of allylic oxidation sites excluding steroid dienone is 2. The van der Waals surface area contributed by atoms with Crippen molar-refractivity contribution >= 4 is 17.5 Å². The third kappa shape index (κ3) is 1.82. The van der Waals surface area contributed by atoms with Crippen LogP contribution in [0.15, 0.2) is 36.4 Å². The van der Waals surface area contributed by atoms with E-state index in [1.54, 1.807) is 0 Å². The topological polar surface area (TPSA) is 49.4 Å². The molecule has 2 bridgehead atoms. The summed E-state index contributed by atoms with van der Waals surface area (Å²) in [6.45, 7) is 2.29. The molecule has 4 atom stereocenters. The second kappa shape index (κ2) is 4.45. The first-order valence-corrected chi connectivity index (χ1v) is 7.49. The summed E-state index contributed by atoms with van der Waals surface area (Å²) in [4.78, 5) is 26.4. The molecule has 21 heavy (non-hydrogen) atoms. The van der Waals surface area contributed by atoms with Gasteiger partial charge in [0.25, 0.3) is 0 Å². The van der Waals surface area contributed by atoms with Gasteiger partial charge in [0.1, 0.15) is 0 Å². The minimum Gasteiger partial charge on any atom is -0.367 e. The van der Waals surface area contributed by atoms with Gasteiger partial charge in [0, 0.05) is 5.69 Å². The standard InChI is InChI=1S/C17H18N2O2/c1-10-3-2-4-13(7-10)18-9-19-16(20)14-11-5-6-12(8-11)15(14)17(19)21/h2-7,11-12,14-15,18H,8-9H2,1H3/t11-,12+,14-,15-/m0/s1. The van der Waals surface area contributed by atoms with Gasteiger partial charge in [-0.1, -0.05) is 24.3 Å². The van der Waals surface area contributed by atoms with Crippen molar-refractivity contribution in [1.29, 1.82) is 0 Å². The van der Waals surface area contributed by atoms with Crippen LogP contribution in [0.25, 0.3) is 0 Å². The Bertz CT molecular complexity index is 622. The maximum absolute atomic E-state index is 12.5. The number of carbonyl (C=O) groups excluding carboxylic acids is 2. The van der Waals surface area contributed by atoms with Crippen molar-refractivity contribution in [2.45, 2.75) is 13.3 Å². The number of hydrogen-bond donors (Lipinski definition) is 1. The van der Waals surface area contributed by atoms with Gasteiger partial charge in [0.15, 0.2) is 0 Å². The van der Waals surface area contributed by atoms with Gasteiger partial charge in [-0.3, -0.25) is 14.5 Å². The van der Waals surface area contributed by atoms with Gasteiger partial charge < -0.3 is 5.32 Å². The zero-order valence-corrected chi connectivity index (χ0v) is 12.0. The molecule has 1 N–H and O–H groups in total. The Kier molecular flexibility index (Phi) is 2.67. The molecule has 3 aliphatic rings. The molecular formula is C17H18N2O2. The summed E-state index contributed by atoms with van der Waals surface area (Å²) in [7, 11) is 0. The van der Waals surface area contributed by atoms with Gasteiger partial charge in [0.2, 0.25) is 11.8 Å². The van der Waals surface area contributed by atoms with Crippen LogP contribution >= 0.6 is 0 Å². The number of nitrogens with one attached hydrogen (secondary N) is 1. The van der Waals surface area contributed by atoms with E-state index in [2.05, 4.69) is 17.5 Å². The van der Waals surface area contributed by atoms with E-state index in [4.69, 9.17) is 0 Å². The summed E-state index contributed by atoms with van der Waals surface area (Å²) in [5.41, 5.74) is 2.09. The molecule has 1 aromatic carbocycles. The number of carbonyl (C=O) groups is 2. The minimum absolute atomic E-state index is 0.00185. The lowest BCUT2D eigenvalue weighted by Gasteiger charge is -2.18. The Balaban J connectivity index is 1.50. The third-order valence-corrected chi connectivity index (χ3v) is 5.02. The Labute approximate surface area is 123 Å². The largest absolute Gasteiger partial charge is 0.367 e. The second-order valence-corrected chi connectivity index (χ2v) is 6.31. The van der Waals surface area contributed by atoms with Crippen molar-refractivity contribution in [3.63, 3.8) is 0 Å². The second-order valence-electron chi connectivity index (χ2n) is 6.31. The van der Waals surface area contributed by atoms with Crippen LogP contribution < -0.4 is 5.32 Å². The zero-order chi connectivity index (χ0) is 14.6. The van der Waals surface area contributed by atoms with E-state index in [1.807, 2.05) is 31.2 Å². The quantitative estimate of drug-likeness (QED) is 0.683. The van der Waals surface area contributed by atoms with Crippen molar-refractivity contribution < 1.29 is 9.59 Å². The van der Waals surface area contributed by atoms with Crippen LogP contribution in [-0.4, -0.2) is 23.4 Å².